The van der Waals surface area contributed by atoms with E-state index in [4.69, 9.17) is 0 Å². The summed E-state index contributed by atoms with van der Waals surface area (Å²) < 4.78 is 37.7. The molecule has 2 aromatic carbocycles. The van der Waals surface area contributed by atoms with Crippen LogP contribution in [0.4, 0.5) is 18.9 Å². The lowest BCUT2D eigenvalue weighted by Crippen LogP contribution is -2.51. The van der Waals surface area contributed by atoms with E-state index in [1.807, 2.05) is 11.0 Å². The number of anilines is 1. The first kappa shape index (κ1) is 20.5. The predicted molar refractivity (Wildman–Crippen MR) is 101 cm³/mol. The van der Waals surface area contributed by atoms with Gasteiger partial charge in [0.05, 0.1) is 12.1 Å². The Balaban J connectivity index is 1.48. The number of nitrogens with zero attached hydrogens (tertiary/aromatic N) is 2. The first-order valence-electron chi connectivity index (χ1n) is 9.01. The number of phenols is 1. The number of carbonyl (C=O) groups is 2. The summed E-state index contributed by atoms with van der Waals surface area (Å²) in [5.41, 5.74) is 0.0851. The number of nitrogens with one attached hydrogen (secondary N) is 1. The number of alkyl halides is 3. The molecule has 3 rings (SSSR count). The molecular formula is C20H20F3N3O3. The van der Waals surface area contributed by atoms with Crippen molar-refractivity contribution >= 4 is 17.5 Å². The molecule has 2 amide bonds. The number of hydrogen-bond acceptors (Lipinski definition) is 4. The quantitative estimate of drug-likeness (QED) is 0.817. The zero-order valence-corrected chi connectivity index (χ0v) is 15.4. The van der Waals surface area contributed by atoms with Crippen molar-refractivity contribution in [3.05, 3.63) is 59.7 Å². The Morgan fingerprint density at radius 3 is 2.24 bits per heavy atom. The Bertz CT molecular complexity index is 877. The molecule has 2 aromatic rings. The van der Waals surface area contributed by atoms with E-state index in [9.17, 15) is 27.9 Å². The maximum absolute atomic E-state index is 12.6. The van der Waals surface area contributed by atoms with Crippen molar-refractivity contribution in [1.29, 1.82) is 0 Å². The van der Waals surface area contributed by atoms with E-state index in [1.165, 1.54) is 0 Å². The normalized spacial score (nSPS) is 14.6. The maximum atomic E-state index is 12.6. The first-order chi connectivity index (χ1) is 13.7. The summed E-state index contributed by atoms with van der Waals surface area (Å²) in [7, 11) is 0. The Kier molecular flexibility index (Phi) is 5.95. The Hall–Kier alpha value is -3.23. The molecule has 6 nitrogen and oxygen atoms in total. The fraction of sp³-hybridized carbons (Fsp3) is 0.300. The van der Waals surface area contributed by atoms with Crippen molar-refractivity contribution in [2.45, 2.75) is 6.18 Å². The molecule has 29 heavy (non-hydrogen) atoms. The minimum atomic E-state index is -4.47. The molecule has 0 aromatic heterocycles. The van der Waals surface area contributed by atoms with Gasteiger partial charge in [-0.15, -0.1) is 0 Å². The minimum absolute atomic E-state index is 0.0551. The highest BCUT2D eigenvalue weighted by molar-refractivity contribution is 5.96. The summed E-state index contributed by atoms with van der Waals surface area (Å²) in [6.07, 6.45) is -4.47. The van der Waals surface area contributed by atoms with Gasteiger partial charge in [-0.05, 0) is 36.4 Å². The average molecular weight is 407 g/mol. The third-order valence-corrected chi connectivity index (χ3v) is 4.70. The van der Waals surface area contributed by atoms with Gasteiger partial charge in [0.25, 0.3) is 5.91 Å². The lowest BCUT2D eigenvalue weighted by atomic mass is 10.1. The fourth-order valence-corrected chi connectivity index (χ4v) is 3.08. The number of halogens is 3. The lowest BCUT2D eigenvalue weighted by Gasteiger charge is -2.36. The summed E-state index contributed by atoms with van der Waals surface area (Å²) in [5.74, 6) is -0.696. The third kappa shape index (κ3) is 5.18. The number of rotatable bonds is 4. The van der Waals surface area contributed by atoms with E-state index < -0.39 is 17.6 Å². The van der Waals surface area contributed by atoms with Gasteiger partial charge in [-0.1, -0.05) is 6.07 Å². The van der Waals surface area contributed by atoms with Crippen molar-refractivity contribution < 1.29 is 27.9 Å². The smallest absolute Gasteiger partial charge is 0.416 e. The Morgan fingerprint density at radius 2 is 1.66 bits per heavy atom. The molecule has 0 aliphatic carbocycles. The van der Waals surface area contributed by atoms with Gasteiger partial charge in [0.15, 0.2) is 0 Å². The van der Waals surface area contributed by atoms with Crippen LogP contribution in [0.1, 0.15) is 15.9 Å². The topological polar surface area (TPSA) is 72.9 Å². The highest BCUT2D eigenvalue weighted by Crippen LogP contribution is 2.29. The highest BCUT2D eigenvalue weighted by atomic mass is 19.4. The summed E-state index contributed by atoms with van der Waals surface area (Å²) in [6.45, 7) is 1.87. The van der Waals surface area contributed by atoms with Gasteiger partial charge in [0, 0.05) is 43.5 Å². The predicted octanol–water partition coefficient (Wildman–Crippen LogP) is 2.49. The summed E-state index contributed by atoms with van der Waals surface area (Å²) in [4.78, 5) is 28.1. The molecule has 0 spiro atoms. The molecule has 1 aliphatic rings. The van der Waals surface area contributed by atoms with Crippen molar-refractivity contribution in [2.24, 2.45) is 0 Å². The molecule has 2 N–H and O–H groups in total. The fourth-order valence-electron chi connectivity index (χ4n) is 3.08. The van der Waals surface area contributed by atoms with Crippen molar-refractivity contribution in [3.63, 3.8) is 0 Å². The van der Waals surface area contributed by atoms with Crippen molar-refractivity contribution in [2.75, 3.05) is 37.6 Å². The maximum Gasteiger partial charge on any atom is 0.416 e. The lowest BCUT2D eigenvalue weighted by molar-refractivity contribution is -0.137. The number of carbonyl (C=O) groups excluding carboxylic acids is 2. The van der Waals surface area contributed by atoms with Crippen LogP contribution < -0.4 is 10.2 Å². The van der Waals surface area contributed by atoms with Crippen LogP contribution in [0.25, 0.3) is 0 Å². The monoisotopic (exact) mass is 407 g/mol. The number of piperazine rings is 1. The molecule has 0 atom stereocenters. The molecular weight excluding hydrogens is 387 g/mol. The van der Waals surface area contributed by atoms with Gasteiger partial charge in [0.1, 0.15) is 5.75 Å². The largest absolute Gasteiger partial charge is 0.508 e. The minimum Gasteiger partial charge on any atom is -0.508 e. The molecule has 1 aliphatic heterocycles. The molecule has 1 heterocycles. The highest BCUT2D eigenvalue weighted by Gasteiger charge is 2.30. The van der Waals surface area contributed by atoms with Crippen LogP contribution >= 0.6 is 0 Å². The molecule has 0 saturated carbocycles. The van der Waals surface area contributed by atoms with Crippen LogP contribution in [0.15, 0.2) is 48.5 Å². The molecule has 0 radical (unpaired) electrons. The molecule has 1 fully saturated rings. The Morgan fingerprint density at radius 1 is 1.00 bits per heavy atom. The van der Waals surface area contributed by atoms with Crippen LogP contribution in [0.3, 0.4) is 0 Å². The van der Waals surface area contributed by atoms with Gasteiger partial charge in [-0.25, -0.2) is 0 Å². The number of phenolic OH excluding ortho intramolecular Hbond substituents is 1. The Labute approximate surface area is 165 Å². The van der Waals surface area contributed by atoms with Crippen molar-refractivity contribution in [1.82, 2.24) is 10.2 Å². The molecule has 9 heteroatoms. The van der Waals surface area contributed by atoms with E-state index in [0.29, 0.717) is 26.2 Å². The molecule has 0 unspecified atom stereocenters. The number of aromatic hydroxyl groups is 1. The number of benzene rings is 2. The average Bonchev–Trinajstić information content (AvgIpc) is 2.71. The first-order valence-corrected chi connectivity index (χ1v) is 9.01. The van der Waals surface area contributed by atoms with E-state index in [1.54, 1.807) is 23.1 Å². The number of hydrogen-bond donors (Lipinski definition) is 2. The second-order valence-corrected chi connectivity index (χ2v) is 6.65. The van der Waals surface area contributed by atoms with Crippen LogP contribution in [0.5, 0.6) is 5.75 Å². The summed E-state index contributed by atoms with van der Waals surface area (Å²) in [6, 6.07) is 10.7. The van der Waals surface area contributed by atoms with Gasteiger partial charge in [-0.3, -0.25) is 9.59 Å². The van der Waals surface area contributed by atoms with Crippen LogP contribution in [-0.2, 0) is 11.0 Å². The number of amides is 2. The zero-order chi connectivity index (χ0) is 21.0. The zero-order valence-electron chi connectivity index (χ0n) is 15.4. The van der Waals surface area contributed by atoms with Crippen molar-refractivity contribution in [3.8, 4) is 5.75 Å². The standard InChI is InChI=1S/C20H20F3N3O3/c21-20(22,23)15-6-4-14(5-7-15)19(29)24-13-18(28)26-10-8-25(9-11-26)16-2-1-3-17(27)12-16/h1-7,12,27H,8-11,13H2,(H,24,29). The SMILES string of the molecule is O=C(NCC(=O)N1CCN(c2cccc(O)c2)CC1)c1ccc(C(F)(F)F)cc1. The second-order valence-electron chi connectivity index (χ2n) is 6.65. The van der Waals surface area contributed by atoms with E-state index in [0.717, 1.165) is 30.0 Å². The van der Waals surface area contributed by atoms with Gasteiger partial charge < -0.3 is 20.2 Å². The summed E-state index contributed by atoms with van der Waals surface area (Å²) in [5, 5.41) is 12.0. The molecule has 1 saturated heterocycles. The van der Waals surface area contributed by atoms with Crippen LogP contribution in [0, 0.1) is 0 Å². The van der Waals surface area contributed by atoms with E-state index in [2.05, 4.69) is 5.32 Å². The van der Waals surface area contributed by atoms with Crippen LogP contribution in [-0.4, -0.2) is 54.5 Å². The molecule has 154 valence electrons. The van der Waals surface area contributed by atoms with Gasteiger partial charge >= 0.3 is 6.18 Å². The molecule has 0 bridgehead atoms. The second kappa shape index (κ2) is 8.42. The van der Waals surface area contributed by atoms with Gasteiger partial charge in [0.2, 0.25) is 5.91 Å². The van der Waals surface area contributed by atoms with Crippen LogP contribution in [0.2, 0.25) is 0 Å². The third-order valence-electron chi connectivity index (χ3n) is 4.70. The summed E-state index contributed by atoms with van der Waals surface area (Å²) >= 11 is 0. The van der Waals surface area contributed by atoms with E-state index >= 15 is 0 Å². The van der Waals surface area contributed by atoms with Gasteiger partial charge in [-0.2, -0.15) is 13.2 Å². The van der Waals surface area contributed by atoms with E-state index in [-0.39, 0.29) is 23.8 Å².